The Morgan fingerprint density at radius 1 is 0.976 bits per heavy atom. The van der Waals surface area contributed by atoms with Crippen molar-refractivity contribution in [1.82, 2.24) is 39.8 Å². The number of nitrogens with one attached hydrogen (secondary N) is 1. The number of halogens is 2. The summed E-state index contributed by atoms with van der Waals surface area (Å²) >= 11 is 12.7. The van der Waals surface area contributed by atoms with Crippen LogP contribution in [0.4, 0.5) is 0 Å². The Hall–Kier alpha value is -4.31. The maximum absolute atomic E-state index is 13.6. The van der Waals surface area contributed by atoms with Gasteiger partial charge < -0.3 is 14.8 Å². The van der Waals surface area contributed by atoms with Gasteiger partial charge >= 0.3 is 0 Å². The van der Waals surface area contributed by atoms with Crippen LogP contribution in [0.5, 0.6) is 0 Å². The van der Waals surface area contributed by atoms with E-state index >= 15 is 0 Å². The minimum atomic E-state index is -1.11. The van der Waals surface area contributed by atoms with Crippen LogP contribution < -0.4 is 5.32 Å². The van der Waals surface area contributed by atoms with Crippen LogP contribution in [-0.2, 0) is 17.4 Å². The third-order valence-corrected chi connectivity index (χ3v) is 7.60. The highest BCUT2D eigenvalue weighted by Gasteiger charge is 2.41. The van der Waals surface area contributed by atoms with Crippen LogP contribution in [0, 0.1) is 0 Å². The standard InChI is InChI=1S/C30H26Cl2N8O/c1-38(2)17-29(41)34-30(27-16-33-18-39(27)3,20-7-10-22(31)11-8-20)21-9-12-26-25(14-21)24(15-28-35-36-37-40(26)28)19-5-4-6-23(32)13-19/h4-16,18H,17H2,1-3H3,(H,34,41). The number of aromatic nitrogens is 6. The van der Waals surface area contributed by atoms with Gasteiger partial charge in [0.15, 0.2) is 5.65 Å². The highest BCUT2D eigenvalue weighted by atomic mass is 35.5. The van der Waals surface area contributed by atoms with Crippen molar-refractivity contribution in [3.63, 3.8) is 0 Å². The van der Waals surface area contributed by atoms with E-state index in [1.165, 1.54) is 0 Å². The summed E-state index contributed by atoms with van der Waals surface area (Å²) < 4.78 is 3.61. The summed E-state index contributed by atoms with van der Waals surface area (Å²) in [7, 11) is 5.63. The molecule has 0 fully saturated rings. The van der Waals surface area contributed by atoms with Gasteiger partial charge in [0.05, 0.1) is 30.3 Å². The Bertz CT molecular complexity index is 1900. The number of hydrogen-bond acceptors (Lipinski definition) is 6. The summed E-state index contributed by atoms with van der Waals surface area (Å²) in [6, 6.07) is 23.1. The third-order valence-electron chi connectivity index (χ3n) is 7.12. The molecular weight excluding hydrogens is 559 g/mol. The predicted molar refractivity (Wildman–Crippen MR) is 160 cm³/mol. The molecule has 3 aromatic heterocycles. The maximum Gasteiger partial charge on any atom is 0.235 e. The van der Waals surface area contributed by atoms with Crippen molar-refractivity contribution in [3.8, 4) is 11.1 Å². The van der Waals surface area contributed by atoms with Crippen molar-refractivity contribution in [2.75, 3.05) is 20.6 Å². The van der Waals surface area contributed by atoms with Gasteiger partial charge in [-0.3, -0.25) is 4.79 Å². The van der Waals surface area contributed by atoms with Crippen LogP contribution >= 0.6 is 23.2 Å². The molecule has 0 saturated carbocycles. The van der Waals surface area contributed by atoms with Crippen LogP contribution in [0.3, 0.4) is 0 Å². The van der Waals surface area contributed by atoms with Crippen LogP contribution in [0.1, 0.15) is 16.8 Å². The normalized spacial score (nSPS) is 13.1. The molecule has 0 aliphatic heterocycles. The molecule has 1 atom stereocenters. The monoisotopic (exact) mass is 584 g/mol. The third kappa shape index (κ3) is 4.82. The average Bonchev–Trinajstić information content (AvgIpc) is 3.60. The molecule has 3 heterocycles. The van der Waals surface area contributed by atoms with Gasteiger partial charge in [-0.05, 0) is 89.2 Å². The first kappa shape index (κ1) is 26.9. The van der Waals surface area contributed by atoms with Gasteiger partial charge in [-0.1, -0.05) is 53.5 Å². The van der Waals surface area contributed by atoms with Crippen molar-refractivity contribution in [2.45, 2.75) is 5.54 Å². The average molecular weight is 585 g/mol. The number of carbonyl (C=O) groups is 1. The Morgan fingerprint density at radius 2 is 1.76 bits per heavy atom. The molecule has 11 heteroatoms. The molecule has 0 radical (unpaired) electrons. The van der Waals surface area contributed by atoms with E-state index in [1.54, 1.807) is 17.0 Å². The zero-order valence-corrected chi connectivity index (χ0v) is 24.1. The van der Waals surface area contributed by atoms with Gasteiger partial charge in [0.2, 0.25) is 5.91 Å². The lowest BCUT2D eigenvalue weighted by molar-refractivity contribution is -0.123. The SMILES string of the molecule is CN(C)CC(=O)NC(c1ccc(Cl)cc1)(c1ccc2c(c1)c(-c1cccc(Cl)c1)cc1nnnn12)c1cncn1C. The molecule has 41 heavy (non-hydrogen) atoms. The minimum Gasteiger partial charge on any atom is -0.336 e. The number of amides is 1. The van der Waals surface area contributed by atoms with Gasteiger partial charge in [-0.15, -0.1) is 5.10 Å². The zero-order valence-electron chi connectivity index (χ0n) is 22.6. The summed E-state index contributed by atoms with van der Waals surface area (Å²) in [6.07, 6.45) is 3.50. The Labute approximate surface area is 246 Å². The van der Waals surface area contributed by atoms with E-state index in [9.17, 15) is 4.79 Å². The Kier molecular flexibility index (Phi) is 6.94. The van der Waals surface area contributed by atoms with E-state index in [2.05, 4.69) is 31.9 Å². The van der Waals surface area contributed by atoms with Crippen molar-refractivity contribution in [2.24, 2.45) is 7.05 Å². The largest absolute Gasteiger partial charge is 0.336 e. The minimum absolute atomic E-state index is 0.155. The molecule has 0 aliphatic rings. The van der Waals surface area contributed by atoms with E-state index in [0.717, 1.165) is 38.9 Å². The number of imidazole rings is 1. The number of hydrogen-bond donors (Lipinski definition) is 1. The van der Waals surface area contributed by atoms with Crippen molar-refractivity contribution >= 4 is 45.7 Å². The summed E-state index contributed by atoms with van der Waals surface area (Å²) in [5.74, 6) is -0.155. The second kappa shape index (κ2) is 10.6. The van der Waals surface area contributed by atoms with Gasteiger partial charge in [0, 0.05) is 22.5 Å². The Balaban J connectivity index is 1.70. The van der Waals surface area contributed by atoms with Gasteiger partial charge in [0.25, 0.3) is 0 Å². The zero-order chi connectivity index (χ0) is 28.7. The second-order valence-electron chi connectivity index (χ2n) is 10.2. The number of carbonyl (C=O) groups excluding carboxylic acids is 1. The number of nitrogens with zero attached hydrogens (tertiary/aromatic N) is 7. The summed E-state index contributed by atoms with van der Waals surface area (Å²) in [5.41, 5.74) is 4.54. The number of fused-ring (bicyclic) bond motifs is 3. The van der Waals surface area contributed by atoms with E-state index in [4.69, 9.17) is 23.2 Å². The molecule has 1 amide bonds. The number of benzene rings is 3. The van der Waals surface area contributed by atoms with Crippen LogP contribution in [0.15, 0.2) is 85.3 Å². The fraction of sp³-hybridized carbons (Fsp3) is 0.167. The summed E-state index contributed by atoms with van der Waals surface area (Å²) in [6.45, 7) is 0.194. The first-order valence-electron chi connectivity index (χ1n) is 12.9. The lowest BCUT2D eigenvalue weighted by atomic mass is 9.79. The van der Waals surface area contributed by atoms with E-state index in [1.807, 2.05) is 97.3 Å². The molecule has 3 aromatic carbocycles. The van der Waals surface area contributed by atoms with Crippen molar-refractivity contribution in [1.29, 1.82) is 0 Å². The number of pyridine rings is 1. The van der Waals surface area contributed by atoms with E-state index in [-0.39, 0.29) is 12.5 Å². The number of aryl methyl sites for hydroxylation is 1. The maximum atomic E-state index is 13.6. The fourth-order valence-electron chi connectivity index (χ4n) is 5.35. The van der Waals surface area contributed by atoms with Crippen LogP contribution in [0.2, 0.25) is 10.0 Å². The van der Waals surface area contributed by atoms with Crippen molar-refractivity contribution < 1.29 is 4.79 Å². The Morgan fingerprint density at radius 3 is 2.46 bits per heavy atom. The van der Waals surface area contributed by atoms with Crippen LogP contribution in [0.25, 0.3) is 27.7 Å². The molecular formula is C30H26Cl2N8O. The van der Waals surface area contributed by atoms with E-state index < -0.39 is 5.54 Å². The first-order valence-corrected chi connectivity index (χ1v) is 13.6. The molecule has 0 bridgehead atoms. The lowest BCUT2D eigenvalue weighted by Gasteiger charge is -2.37. The predicted octanol–water partition coefficient (Wildman–Crippen LogP) is 4.95. The number of rotatable bonds is 7. The molecule has 9 nitrogen and oxygen atoms in total. The smallest absolute Gasteiger partial charge is 0.235 e. The summed E-state index contributed by atoms with van der Waals surface area (Å²) in [5, 5.41) is 17.8. The molecule has 0 aliphatic carbocycles. The molecule has 6 rings (SSSR count). The number of likely N-dealkylation sites (N-methyl/N-ethyl adjacent to an activating group) is 1. The second-order valence-corrected chi connectivity index (χ2v) is 11.1. The van der Waals surface area contributed by atoms with Crippen LogP contribution in [-0.4, -0.2) is 61.0 Å². The molecule has 0 spiro atoms. The number of tetrazole rings is 1. The van der Waals surface area contributed by atoms with Gasteiger partial charge in [-0.25, -0.2) is 4.98 Å². The molecule has 206 valence electrons. The topological polar surface area (TPSA) is 93.2 Å². The van der Waals surface area contributed by atoms with Gasteiger partial charge in [0.1, 0.15) is 5.54 Å². The van der Waals surface area contributed by atoms with Gasteiger partial charge in [-0.2, -0.15) is 4.52 Å². The molecule has 1 N–H and O–H groups in total. The highest BCUT2D eigenvalue weighted by Crippen LogP contribution is 2.40. The quantitative estimate of drug-likeness (QED) is 0.285. The van der Waals surface area contributed by atoms with Crippen molar-refractivity contribution in [3.05, 3.63) is 112 Å². The summed E-state index contributed by atoms with van der Waals surface area (Å²) in [4.78, 5) is 19.8. The molecule has 6 aromatic rings. The first-order chi connectivity index (χ1) is 19.8. The highest BCUT2D eigenvalue weighted by molar-refractivity contribution is 6.31. The lowest BCUT2D eigenvalue weighted by Crippen LogP contribution is -2.51. The van der Waals surface area contributed by atoms with E-state index in [0.29, 0.717) is 15.7 Å². The molecule has 0 saturated heterocycles. The fourth-order valence-corrected chi connectivity index (χ4v) is 5.67. The molecule has 1 unspecified atom stereocenters.